The highest BCUT2D eigenvalue weighted by atomic mass is 16.5. The van der Waals surface area contributed by atoms with Crippen LogP contribution >= 0.6 is 0 Å². The molecule has 1 N–H and O–H groups in total. The quantitative estimate of drug-likeness (QED) is 0.832. The van der Waals surface area contributed by atoms with Gasteiger partial charge < -0.3 is 4.52 Å². The Balaban J connectivity index is 1.88. The molecular formula is C10H13N5O. The summed E-state index contributed by atoms with van der Waals surface area (Å²) in [6.45, 7) is 2.23. The Labute approximate surface area is 92.5 Å². The molecular weight excluding hydrogens is 206 g/mol. The smallest absolute Gasteiger partial charge is 0.239 e. The lowest BCUT2D eigenvalue weighted by atomic mass is 9.98. The second-order valence-electron chi connectivity index (χ2n) is 4.30. The van der Waals surface area contributed by atoms with E-state index in [0.717, 1.165) is 12.3 Å². The van der Waals surface area contributed by atoms with E-state index >= 15 is 0 Å². The van der Waals surface area contributed by atoms with Gasteiger partial charge in [-0.1, -0.05) is 18.5 Å². The lowest BCUT2D eigenvalue weighted by molar-refractivity contribution is 0.331. The molecule has 2 aromatic heterocycles. The van der Waals surface area contributed by atoms with E-state index in [9.17, 15) is 0 Å². The first kappa shape index (κ1) is 9.50. The number of hydrogen-bond acceptors (Lipinski definition) is 5. The summed E-state index contributed by atoms with van der Waals surface area (Å²) in [5.41, 5.74) is 0. The molecule has 1 fully saturated rings. The summed E-state index contributed by atoms with van der Waals surface area (Å²) >= 11 is 0. The van der Waals surface area contributed by atoms with Crippen molar-refractivity contribution in [3.05, 3.63) is 12.2 Å². The maximum absolute atomic E-state index is 5.29. The molecule has 0 spiro atoms. The number of H-pyrrole nitrogens is 1. The van der Waals surface area contributed by atoms with Crippen molar-refractivity contribution < 1.29 is 4.52 Å². The monoisotopic (exact) mass is 219 g/mol. The highest BCUT2D eigenvalue weighted by molar-refractivity contribution is 5.39. The highest BCUT2D eigenvalue weighted by Gasteiger charge is 2.30. The van der Waals surface area contributed by atoms with Crippen molar-refractivity contribution in [3.8, 4) is 11.6 Å². The van der Waals surface area contributed by atoms with Crippen molar-refractivity contribution in [2.45, 2.75) is 32.1 Å². The van der Waals surface area contributed by atoms with Gasteiger partial charge in [0.2, 0.25) is 11.7 Å². The fraction of sp³-hybridized carbons (Fsp3) is 0.600. The number of nitrogens with one attached hydrogen (secondary N) is 1. The zero-order chi connectivity index (χ0) is 11.0. The van der Waals surface area contributed by atoms with Gasteiger partial charge in [-0.3, -0.25) is 5.10 Å². The van der Waals surface area contributed by atoms with Crippen LogP contribution in [0.5, 0.6) is 0 Å². The van der Waals surface area contributed by atoms with Gasteiger partial charge in [0.15, 0.2) is 5.82 Å². The van der Waals surface area contributed by atoms with Crippen molar-refractivity contribution in [2.24, 2.45) is 5.92 Å². The summed E-state index contributed by atoms with van der Waals surface area (Å²) in [5, 5.41) is 10.4. The summed E-state index contributed by atoms with van der Waals surface area (Å²) in [4.78, 5) is 8.37. The Hall–Kier alpha value is -1.72. The predicted molar refractivity (Wildman–Crippen MR) is 55.4 cm³/mol. The molecule has 0 aromatic carbocycles. The minimum atomic E-state index is 0.407. The molecule has 0 amide bonds. The number of aromatic nitrogens is 5. The standard InChI is InChI=1S/C10H13N5O/c1-6-3-2-4-7(6)10-13-9(15-16-10)8-11-5-12-14-8/h5-7H,2-4H2,1H3,(H,11,12,14). The molecule has 0 aliphatic heterocycles. The fourth-order valence-electron chi connectivity index (χ4n) is 2.31. The van der Waals surface area contributed by atoms with Crippen molar-refractivity contribution in [1.29, 1.82) is 0 Å². The Morgan fingerprint density at radius 1 is 1.44 bits per heavy atom. The van der Waals surface area contributed by atoms with E-state index < -0.39 is 0 Å². The summed E-state index contributed by atoms with van der Waals surface area (Å²) in [5.74, 6) is 2.82. The molecule has 1 aliphatic rings. The van der Waals surface area contributed by atoms with E-state index in [2.05, 4.69) is 32.2 Å². The van der Waals surface area contributed by atoms with Crippen LogP contribution in [0, 0.1) is 5.92 Å². The van der Waals surface area contributed by atoms with Crippen molar-refractivity contribution >= 4 is 0 Å². The zero-order valence-corrected chi connectivity index (χ0v) is 9.05. The molecule has 1 aliphatic carbocycles. The highest BCUT2D eigenvalue weighted by Crippen LogP contribution is 2.38. The van der Waals surface area contributed by atoms with Gasteiger partial charge in [0.1, 0.15) is 6.33 Å². The third-order valence-corrected chi connectivity index (χ3v) is 3.25. The second-order valence-corrected chi connectivity index (χ2v) is 4.30. The summed E-state index contributed by atoms with van der Waals surface area (Å²) < 4.78 is 5.29. The van der Waals surface area contributed by atoms with E-state index in [0.29, 0.717) is 23.5 Å². The van der Waals surface area contributed by atoms with Crippen molar-refractivity contribution in [3.63, 3.8) is 0 Å². The van der Waals surface area contributed by atoms with E-state index in [1.165, 1.54) is 19.2 Å². The second kappa shape index (κ2) is 3.70. The van der Waals surface area contributed by atoms with E-state index in [1.54, 1.807) is 0 Å². The van der Waals surface area contributed by atoms with Crippen LogP contribution in [0.3, 0.4) is 0 Å². The number of nitrogens with zero attached hydrogens (tertiary/aromatic N) is 4. The van der Waals surface area contributed by atoms with Gasteiger partial charge in [-0.2, -0.15) is 10.1 Å². The van der Waals surface area contributed by atoms with Gasteiger partial charge in [-0.05, 0) is 18.8 Å². The molecule has 3 rings (SSSR count). The molecule has 6 heteroatoms. The molecule has 0 radical (unpaired) electrons. The average Bonchev–Trinajstić information content (AvgIpc) is 2.96. The molecule has 2 aromatic rings. The van der Waals surface area contributed by atoms with Crippen molar-refractivity contribution in [2.75, 3.05) is 0 Å². The van der Waals surface area contributed by atoms with Gasteiger partial charge in [-0.15, -0.1) is 0 Å². The summed E-state index contributed by atoms with van der Waals surface area (Å²) in [6.07, 6.45) is 5.05. The fourth-order valence-corrected chi connectivity index (χ4v) is 2.31. The van der Waals surface area contributed by atoms with Crippen LogP contribution in [-0.2, 0) is 0 Å². The van der Waals surface area contributed by atoms with Crippen LogP contribution in [0.4, 0.5) is 0 Å². The number of hydrogen-bond donors (Lipinski definition) is 1. The SMILES string of the molecule is CC1CCCC1c1nc(-c2ncn[nH]2)no1. The molecule has 2 heterocycles. The third-order valence-electron chi connectivity index (χ3n) is 3.25. The molecule has 2 atom stereocenters. The van der Waals surface area contributed by atoms with Crippen molar-refractivity contribution in [1.82, 2.24) is 25.3 Å². The van der Waals surface area contributed by atoms with Crippen LogP contribution in [0.25, 0.3) is 11.6 Å². The summed E-state index contributed by atoms with van der Waals surface area (Å²) in [7, 11) is 0. The van der Waals surface area contributed by atoms with E-state index in [1.807, 2.05) is 0 Å². The molecule has 6 nitrogen and oxygen atoms in total. The minimum Gasteiger partial charge on any atom is -0.339 e. The Morgan fingerprint density at radius 3 is 3.06 bits per heavy atom. The Bertz CT molecular complexity index is 463. The average molecular weight is 219 g/mol. The van der Waals surface area contributed by atoms with Gasteiger partial charge in [0.25, 0.3) is 0 Å². The first-order valence-electron chi connectivity index (χ1n) is 5.54. The molecule has 84 valence electrons. The predicted octanol–water partition coefficient (Wildman–Crippen LogP) is 1.76. The largest absolute Gasteiger partial charge is 0.339 e. The lowest BCUT2D eigenvalue weighted by Crippen LogP contribution is -2.02. The maximum Gasteiger partial charge on any atom is 0.239 e. The zero-order valence-electron chi connectivity index (χ0n) is 9.05. The number of aromatic amines is 1. The lowest BCUT2D eigenvalue weighted by Gasteiger charge is -2.08. The molecule has 0 saturated heterocycles. The van der Waals surface area contributed by atoms with Gasteiger partial charge in [0.05, 0.1) is 0 Å². The molecule has 16 heavy (non-hydrogen) atoms. The van der Waals surface area contributed by atoms with Crippen LogP contribution in [0.15, 0.2) is 10.9 Å². The molecule has 1 saturated carbocycles. The normalized spacial score (nSPS) is 25.1. The van der Waals surface area contributed by atoms with Crippen LogP contribution in [0.1, 0.15) is 38.0 Å². The van der Waals surface area contributed by atoms with Crippen LogP contribution < -0.4 is 0 Å². The Kier molecular flexibility index (Phi) is 2.19. The summed E-state index contributed by atoms with van der Waals surface area (Å²) in [6, 6.07) is 0. The van der Waals surface area contributed by atoms with E-state index in [-0.39, 0.29) is 0 Å². The Morgan fingerprint density at radius 2 is 2.38 bits per heavy atom. The van der Waals surface area contributed by atoms with Gasteiger partial charge >= 0.3 is 0 Å². The number of rotatable bonds is 2. The minimum absolute atomic E-state index is 0.407. The maximum atomic E-state index is 5.29. The topological polar surface area (TPSA) is 80.5 Å². The van der Waals surface area contributed by atoms with Gasteiger partial charge in [0, 0.05) is 5.92 Å². The van der Waals surface area contributed by atoms with Gasteiger partial charge in [-0.25, -0.2) is 4.98 Å². The van der Waals surface area contributed by atoms with Crippen LogP contribution in [-0.4, -0.2) is 25.3 Å². The van der Waals surface area contributed by atoms with Crippen LogP contribution in [0.2, 0.25) is 0 Å². The first-order chi connectivity index (χ1) is 7.84. The third kappa shape index (κ3) is 1.50. The van der Waals surface area contributed by atoms with E-state index in [4.69, 9.17) is 4.52 Å². The first-order valence-corrected chi connectivity index (χ1v) is 5.54. The molecule has 2 unspecified atom stereocenters. The molecule has 0 bridgehead atoms.